The Morgan fingerprint density at radius 2 is 1.50 bits per heavy atom. The van der Waals surface area contributed by atoms with Crippen LogP contribution in [0.4, 0.5) is 0 Å². The molecule has 1 aliphatic rings. The molecule has 0 bridgehead atoms. The van der Waals surface area contributed by atoms with Gasteiger partial charge < -0.3 is 14.9 Å². The molecule has 1 unspecified atom stereocenters. The topological polar surface area (TPSA) is 0 Å². The summed E-state index contributed by atoms with van der Waals surface area (Å²) in [7, 11) is 1.08. The molecule has 5 rings (SSSR count). The van der Waals surface area contributed by atoms with E-state index in [1.54, 1.807) is 0 Å². The molecule has 0 saturated carbocycles. The minimum atomic E-state index is 0. The first-order valence-corrected chi connectivity index (χ1v) is 11.0. The van der Waals surface area contributed by atoms with Gasteiger partial charge in [0.25, 0.3) is 0 Å². The van der Waals surface area contributed by atoms with Gasteiger partial charge in [0.1, 0.15) is 0 Å². The Bertz CT molecular complexity index is 1040. The van der Waals surface area contributed by atoms with E-state index in [1.807, 2.05) is 0 Å². The molecule has 28 heavy (non-hydrogen) atoms. The van der Waals surface area contributed by atoms with E-state index in [2.05, 4.69) is 86.7 Å². The Morgan fingerprint density at radius 3 is 2.21 bits per heavy atom. The van der Waals surface area contributed by atoms with Crippen LogP contribution in [0, 0.1) is 21.8 Å². The molecule has 0 saturated heterocycles. The van der Waals surface area contributed by atoms with Crippen LogP contribution >= 0.6 is 0 Å². The molecule has 1 atom stereocenters. The van der Waals surface area contributed by atoms with E-state index >= 15 is 0 Å². The molecular formula is C26H29SiZr. The summed E-state index contributed by atoms with van der Waals surface area (Å²) in [6.07, 6.45) is 1.13. The van der Waals surface area contributed by atoms with E-state index in [9.17, 15) is 0 Å². The molecule has 2 heteroatoms. The molecule has 141 valence electrons. The summed E-state index contributed by atoms with van der Waals surface area (Å²) in [6, 6.07) is 24.9. The minimum Gasteiger partial charge on any atom is -0.358 e. The second kappa shape index (κ2) is 10.4. The standard InChI is InChI=1S/C22H17.C2H6Si.2CH3.Zr/c1-14-11-16-7-4-9-18(20(16)12-14)21-13-17-8-2-5-15-6-3-10-19(21)22(15)17;1-3-2;;;/h2-12,21H,13H2,1H3;1-2H3;2*1H3;/q-1;;2*-1;+3. The molecule has 0 fully saturated rings. The number of rotatable bonds is 1. The van der Waals surface area contributed by atoms with E-state index in [0.717, 1.165) is 15.9 Å². The van der Waals surface area contributed by atoms with Gasteiger partial charge in [0, 0.05) is 15.4 Å². The van der Waals surface area contributed by atoms with Gasteiger partial charge in [0.05, 0.1) is 0 Å². The molecule has 4 aromatic carbocycles. The largest absolute Gasteiger partial charge is 3.00 e. The van der Waals surface area contributed by atoms with Crippen LogP contribution in [0.2, 0.25) is 13.1 Å². The smallest absolute Gasteiger partial charge is 0.358 e. The van der Waals surface area contributed by atoms with Crippen molar-refractivity contribution in [2.24, 2.45) is 0 Å². The molecule has 0 aromatic heterocycles. The van der Waals surface area contributed by atoms with Crippen molar-refractivity contribution in [3.05, 3.63) is 104 Å². The van der Waals surface area contributed by atoms with Crippen LogP contribution in [-0.2, 0) is 32.6 Å². The monoisotopic (exact) mass is 459 g/mol. The third-order valence-corrected chi connectivity index (χ3v) is 5.13. The van der Waals surface area contributed by atoms with E-state index in [0.29, 0.717) is 5.92 Å². The Balaban J connectivity index is 0.000000618. The number of benzene rings is 3. The van der Waals surface area contributed by atoms with Crippen LogP contribution in [0.5, 0.6) is 0 Å². The van der Waals surface area contributed by atoms with Crippen LogP contribution in [-0.4, -0.2) is 9.52 Å². The Hall–Kier alpha value is -1.37. The van der Waals surface area contributed by atoms with Crippen molar-refractivity contribution in [1.82, 2.24) is 0 Å². The molecule has 4 aromatic rings. The summed E-state index contributed by atoms with van der Waals surface area (Å²) < 4.78 is 0. The fourth-order valence-electron chi connectivity index (χ4n) is 4.23. The van der Waals surface area contributed by atoms with Crippen LogP contribution in [0.1, 0.15) is 28.2 Å². The van der Waals surface area contributed by atoms with E-state index < -0.39 is 0 Å². The first-order chi connectivity index (χ1) is 12.2. The van der Waals surface area contributed by atoms with Crippen molar-refractivity contribution >= 4 is 31.1 Å². The van der Waals surface area contributed by atoms with Crippen molar-refractivity contribution < 1.29 is 26.2 Å². The molecular weight excluding hydrogens is 432 g/mol. The maximum absolute atomic E-state index is 2.34. The fourth-order valence-corrected chi connectivity index (χ4v) is 4.23. The maximum Gasteiger partial charge on any atom is 3.00 e. The third-order valence-electron chi connectivity index (χ3n) is 5.13. The Kier molecular flexibility index (Phi) is 9.18. The SMILES string of the molecule is C[Si]C.Cc1cc2c(C3Cc4cccc5cccc3c45)cccc2[cH-]1.[CH3-].[CH3-].[Zr+3]. The minimum absolute atomic E-state index is 0. The van der Waals surface area contributed by atoms with Gasteiger partial charge in [0.2, 0.25) is 0 Å². The zero-order chi connectivity index (χ0) is 17.4. The summed E-state index contributed by atoms with van der Waals surface area (Å²) in [5.41, 5.74) is 5.84. The average molecular weight is 461 g/mol. The number of fused-ring (bicyclic) bond motifs is 1. The second-order valence-electron chi connectivity index (χ2n) is 7.00. The zero-order valence-corrected chi connectivity index (χ0v) is 21.1. The summed E-state index contributed by atoms with van der Waals surface area (Å²) >= 11 is 0. The van der Waals surface area contributed by atoms with E-state index in [-0.39, 0.29) is 41.1 Å². The molecule has 0 amide bonds. The predicted molar refractivity (Wildman–Crippen MR) is 124 cm³/mol. The summed E-state index contributed by atoms with van der Waals surface area (Å²) in [5, 5.41) is 5.66. The molecule has 0 aliphatic heterocycles. The zero-order valence-electron chi connectivity index (χ0n) is 17.6. The molecule has 0 heterocycles. The molecule has 1 aliphatic carbocycles. The maximum atomic E-state index is 2.34. The number of aryl methyl sites for hydroxylation is 1. The van der Waals surface area contributed by atoms with E-state index in [4.69, 9.17) is 0 Å². The molecule has 0 spiro atoms. The van der Waals surface area contributed by atoms with Gasteiger partial charge in [-0.15, -0.1) is 34.5 Å². The summed E-state index contributed by atoms with van der Waals surface area (Å²) in [4.78, 5) is 0. The summed E-state index contributed by atoms with van der Waals surface area (Å²) in [5.74, 6) is 0.492. The Labute approximate surface area is 192 Å². The van der Waals surface area contributed by atoms with Crippen molar-refractivity contribution in [2.45, 2.75) is 32.4 Å². The molecule has 0 N–H and O–H groups in total. The fraction of sp³-hybridized carbons (Fsp3) is 0.192. The van der Waals surface area contributed by atoms with Gasteiger partial charge in [0.15, 0.2) is 0 Å². The van der Waals surface area contributed by atoms with Gasteiger partial charge in [-0.2, -0.15) is 6.07 Å². The van der Waals surface area contributed by atoms with Crippen LogP contribution in [0.3, 0.4) is 0 Å². The van der Waals surface area contributed by atoms with E-state index in [1.165, 1.54) is 43.8 Å². The van der Waals surface area contributed by atoms with Crippen molar-refractivity contribution in [1.29, 1.82) is 0 Å². The average Bonchev–Trinajstić information content (AvgIpc) is 3.17. The van der Waals surface area contributed by atoms with Gasteiger partial charge >= 0.3 is 26.2 Å². The van der Waals surface area contributed by atoms with Gasteiger partial charge in [-0.25, -0.2) is 0 Å². The van der Waals surface area contributed by atoms with Crippen LogP contribution in [0.15, 0.2) is 66.7 Å². The normalized spacial score (nSPS) is 13.8. The predicted octanol–water partition coefficient (Wildman–Crippen LogP) is 7.39. The van der Waals surface area contributed by atoms with Crippen LogP contribution in [0.25, 0.3) is 21.5 Å². The quantitative estimate of drug-likeness (QED) is 0.205. The Morgan fingerprint density at radius 1 is 0.893 bits per heavy atom. The molecule has 0 nitrogen and oxygen atoms in total. The van der Waals surface area contributed by atoms with Crippen molar-refractivity contribution in [3.63, 3.8) is 0 Å². The molecule has 3 radical (unpaired) electrons. The van der Waals surface area contributed by atoms with Crippen molar-refractivity contribution in [3.8, 4) is 0 Å². The van der Waals surface area contributed by atoms with Gasteiger partial charge in [-0.1, -0.05) is 68.0 Å². The number of hydrogen-bond donors (Lipinski definition) is 0. The summed E-state index contributed by atoms with van der Waals surface area (Å²) in [6.45, 7) is 6.49. The number of hydrogen-bond acceptors (Lipinski definition) is 0. The first-order valence-electron chi connectivity index (χ1n) is 8.98. The second-order valence-corrected chi connectivity index (χ2v) is 8.00. The third kappa shape index (κ3) is 4.29. The van der Waals surface area contributed by atoms with Crippen molar-refractivity contribution in [2.75, 3.05) is 0 Å². The first kappa shape index (κ1) is 24.7. The van der Waals surface area contributed by atoms with Gasteiger partial charge in [-0.3, -0.25) is 0 Å². The van der Waals surface area contributed by atoms with Crippen LogP contribution < -0.4 is 0 Å². The van der Waals surface area contributed by atoms with Gasteiger partial charge in [-0.05, 0) is 28.3 Å².